The highest BCUT2D eigenvalue weighted by atomic mass is 35.5. The van der Waals surface area contributed by atoms with Gasteiger partial charge in [-0.2, -0.15) is 0 Å². The van der Waals surface area contributed by atoms with Crippen LogP contribution < -0.4 is 0 Å². The van der Waals surface area contributed by atoms with Crippen molar-refractivity contribution >= 4 is 17.4 Å². The van der Waals surface area contributed by atoms with Crippen molar-refractivity contribution in [3.05, 3.63) is 34.6 Å². The molecule has 24 heavy (non-hydrogen) atoms. The molecular formula is C20H27ClFNO. The Bertz CT molecular complexity index is 581. The number of ketones is 1. The quantitative estimate of drug-likeness (QED) is 0.630. The molecule has 132 valence electrons. The number of carbonyl (C=O) groups is 1. The molecule has 0 saturated heterocycles. The lowest BCUT2D eigenvalue weighted by Crippen LogP contribution is -2.36. The van der Waals surface area contributed by atoms with E-state index in [-0.39, 0.29) is 22.6 Å². The molecule has 0 amide bonds. The van der Waals surface area contributed by atoms with Crippen LogP contribution in [0.4, 0.5) is 4.39 Å². The van der Waals surface area contributed by atoms with E-state index in [0.29, 0.717) is 6.54 Å². The van der Waals surface area contributed by atoms with Crippen LogP contribution in [0.1, 0.15) is 51.0 Å². The number of halogens is 2. The Morgan fingerprint density at radius 1 is 1.21 bits per heavy atom. The lowest BCUT2D eigenvalue weighted by Gasteiger charge is -2.28. The summed E-state index contributed by atoms with van der Waals surface area (Å²) in [6, 6.07) is 4.82. The van der Waals surface area contributed by atoms with Gasteiger partial charge in [-0.3, -0.25) is 4.79 Å². The third-order valence-corrected chi connectivity index (χ3v) is 5.43. The Labute approximate surface area is 149 Å². The van der Waals surface area contributed by atoms with Gasteiger partial charge in [0.15, 0.2) is 0 Å². The van der Waals surface area contributed by atoms with Crippen LogP contribution in [0.2, 0.25) is 5.02 Å². The first kappa shape index (κ1) is 17.9. The molecule has 2 aliphatic rings. The van der Waals surface area contributed by atoms with Crippen molar-refractivity contribution in [2.24, 2.45) is 17.8 Å². The van der Waals surface area contributed by atoms with Crippen LogP contribution in [0.5, 0.6) is 0 Å². The predicted octanol–water partition coefficient (Wildman–Crippen LogP) is 4.91. The summed E-state index contributed by atoms with van der Waals surface area (Å²) in [5.41, 5.74) is 0.757. The van der Waals surface area contributed by atoms with Crippen LogP contribution >= 0.6 is 11.6 Å². The first-order valence-corrected chi connectivity index (χ1v) is 9.53. The van der Waals surface area contributed by atoms with E-state index in [1.54, 1.807) is 6.07 Å². The zero-order valence-corrected chi connectivity index (χ0v) is 15.4. The first-order valence-electron chi connectivity index (χ1n) is 9.15. The smallest absolute Gasteiger partial charge is 0.144 e. The minimum absolute atomic E-state index is 0.0579. The Morgan fingerprint density at radius 2 is 1.79 bits per heavy atom. The summed E-state index contributed by atoms with van der Waals surface area (Å²) < 4.78 is 13.9. The van der Waals surface area contributed by atoms with Gasteiger partial charge in [0.05, 0.1) is 10.9 Å². The van der Waals surface area contributed by atoms with Crippen molar-refractivity contribution in [2.45, 2.75) is 45.4 Å². The topological polar surface area (TPSA) is 20.3 Å². The van der Waals surface area contributed by atoms with E-state index in [2.05, 4.69) is 4.90 Å². The summed E-state index contributed by atoms with van der Waals surface area (Å²) in [4.78, 5) is 15.2. The molecule has 1 atom stereocenters. The second kappa shape index (κ2) is 7.53. The van der Waals surface area contributed by atoms with Gasteiger partial charge in [0.25, 0.3) is 0 Å². The van der Waals surface area contributed by atoms with Gasteiger partial charge in [-0.15, -0.1) is 0 Å². The van der Waals surface area contributed by atoms with E-state index in [1.807, 2.05) is 19.9 Å². The molecule has 0 aromatic heterocycles. The van der Waals surface area contributed by atoms with Gasteiger partial charge < -0.3 is 4.90 Å². The van der Waals surface area contributed by atoms with E-state index >= 15 is 0 Å². The largest absolute Gasteiger partial charge is 0.302 e. The third-order valence-electron chi connectivity index (χ3n) is 5.13. The van der Waals surface area contributed by atoms with Gasteiger partial charge in [0.1, 0.15) is 11.6 Å². The van der Waals surface area contributed by atoms with Gasteiger partial charge in [-0.05, 0) is 55.2 Å². The number of hydrogen-bond acceptors (Lipinski definition) is 2. The van der Waals surface area contributed by atoms with Crippen molar-refractivity contribution in [1.82, 2.24) is 4.90 Å². The van der Waals surface area contributed by atoms with Crippen molar-refractivity contribution in [3.8, 4) is 0 Å². The Morgan fingerprint density at radius 3 is 2.25 bits per heavy atom. The maximum Gasteiger partial charge on any atom is 0.144 e. The van der Waals surface area contributed by atoms with Gasteiger partial charge in [0.2, 0.25) is 0 Å². The van der Waals surface area contributed by atoms with Crippen LogP contribution in [-0.2, 0) is 4.79 Å². The molecule has 2 aliphatic carbocycles. The maximum absolute atomic E-state index is 13.9. The number of nitrogens with zero attached hydrogens (tertiary/aromatic N) is 1. The summed E-state index contributed by atoms with van der Waals surface area (Å²) in [7, 11) is 0. The summed E-state index contributed by atoms with van der Waals surface area (Å²) in [5.74, 6) is 1.01. The first-order chi connectivity index (χ1) is 11.4. The normalized spacial score (nSPS) is 19.1. The van der Waals surface area contributed by atoms with Crippen molar-refractivity contribution in [2.75, 3.05) is 19.6 Å². The number of benzene rings is 1. The van der Waals surface area contributed by atoms with Crippen molar-refractivity contribution in [1.29, 1.82) is 0 Å². The molecule has 0 bridgehead atoms. The minimum Gasteiger partial charge on any atom is -0.302 e. The second-order valence-electron chi connectivity index (χ2n) is 7.89. The van der Waals surface area contributed by atoms with Gasteiger partial charge in [0, 0.05) is 25.6 Å². The monoisotopic (exact) mass is 351 g/mol. The average molecular weight is 352 g/mol. The fourth-order valence-corrected chi connectivity index (χ4v) is 3.42. The molecule has 1 aromatic rings. The zero-order valence-electron chi connectivity index (χ0n) is 14.6. The molecule has 1 aromatic carbocycles. The minimum atomic E-state index is -0.438. The Kier molecular flexibility index (Phi) is 5.61. The fourth-order valence-electron chi connectivity index (χ4n) is 3.30. The molecule has 0 N–H and O–H groups in total. The maximum atomic E-state index is 13.9. The molecule has 2 nitrogen and oxygen atoms in total. The zero-order chi connectivity index (χ0) is 17.3. The van der Waals surface area contributed by atoms with Gasteiger partial charge in [-0.25, -0.2) is 4.39 Å². The molecule has 0 aliphatic heterocycles. The molecule has 0 spiro atoms. The molecule has 2 fully saturated rings. The third kappa shape index (κ3) is 4.80. The van der Waals surface area contributed by atoms with Crippen molar-refractivity contribution in [3.63, 3.8) is 0 Å². The molecule has 4 heteroatoms. The summed E-state index contributed by atoms with van der Waals surface area (Å²) in [5, 5.41) is 0.113. The lowest BCUT2D eigenvalue weighted by atomic mass is 9.88. The van der Waals surface area contributed by atoms with E-state index < -0.39 is 5.82 Å². The molecule has 0 radical (unpaired) electrons. The number of Topliss-reactive ketones (excluding diaryl/α,β-unsaturated/α-hetero) is 1. The summed E-state index contributed by atoms with van der Waals surface area (Å²) in [6.07, 6.45) is 5.22. The van der Waals surface area contributed by atoms with E-state index in [9.17, 15) is 9.18 Å². The molecule has 0 unspecified atom stereocenters. The van der Waals surface area contributed by atoms with Crippen LogP contribution in [0.15, 0.2) is 18.2 Å². The molecule has 0 heterocycles. The standard InChI is InChI=1S/C20H27ClFNO/c1-13(2)20(24)17(16-7-8-18(21)19(22)9-16)12-23(10-14-3-4-14)11-15-5-6-15/h7-9,13-15,17H,3-6,10-12H2,1-2H3/t17-/m1/s1. The highest BCUT2D eigenvalue weighted by Crippen LogP contribution is 2.35. The molecular weight excluding hydrogens is 325 g/mol. The van der Waals surface area contributed by atoms with Crippen LogP contribution in [0.3, 0.4) is 0 Å². The SMILES string of the molecule is CC(C)C(=O)[C@H](CN(CC1CC1)CC1CC1)c1ccc(Cl)c(F)c1. The molecule has 2 saturated carbocycles. The fraction of sp³-hybridized carbons (Fsp3) is 0.650. The number of rotatable bonds is 9. The van der Waals surface area contributed by atoms with E-state index in [1.165, 1.54) is 31.7 Å². The van der Waals surface area contributed by atoms with Crippen molar-refractivity contribution < 1.29 is 9.18 Å². The lowest BCUT2D eigenvalue weighted by molar-refractivity contribution is -0.123. The number of carbonyl (C=O) groups excluding carboxylic acids is 1. The van der Waals surface area contributed by atoms with Crippen LogP contribution in [-0.4, -0.2) is 30.3 Å². The van der Waals surface area contributed by atoms with Crippen LogP contribution in [0, 0.1) is 23.6 Å². The van der Waals surface area contributed by atoms with Gasteiger partial charge in [-0.1, -0.05) is 31.5 Å². The van der Waals surface area contributed by atoms with E-state index in [4.69, 9.17) is 11.6 Å². The Hall–Kier alpha value is -0.930. The second-order valence-corrected chi connectivity index (χ2v) is 8.30. The summed E-state index contributed by atoms with van der Waals surface area (Å²) >= 11 is 5.82. The van der Waals surface area contributed by atoms with Gasteiger partial charge >= 0.3 is 0 Å². The molecule has 3 rings (SSSR count). The van der Waals surface area contributed by atoms with E-state index in [0.717, 1.165) is 30.5 Å². The highest BCUT2D eigenvalue weighted by molar-refractivity contribution is 6.30. The number of hydrogen-bond donors (Lipinski definition) is 0. The van der Waals surface area contributed by atoms with Crippen LogP contribution in [0.25, 0.3) is 0 Å². The average Bonchev–Trinajstić information content (AvgIpc) is 3.43. The highest BCUT2D eigenvalue weighted by Gasteiger charge is 2.32. The summed E-state index contributed by atoms with van der Waals surface area (Å²) in [6.45, 7) is 6.70. The Balaban J connectivity index is 1.78. The predicted molar refractivity (Wildman–Crippen MR) is 95.9 cm³/mol.